The van der Waals surface area contributed by atoms with Gasteiger partial charge in [0.15, 0.2) is 5.82 Å². The molecule has 1 aromatic carbocycles. The molecule has 3 rings (SSSR count). The maximum Gasteiger partial charge on any atom is 0.290 e. The molecule has 1 aliphatic heterocycles. The van der Waals surface area contributed by atoms with Gasteiger partial charge in [0.1, 0.15) is 0 Å². The van der Waals surface area contributed by atoms with Gasteiger partial charge >= 0.3 is 0 Å². The molecule has 0 aliphatic carbocycles. The lowest BCUT2D eigenvalue weighted by Gasteiger charge is -2.38. The molecule has 0 unspecified atom stereocenters. The van der Waals surface area contributed by atoms with Crippen LogP contribution < -0.4 is 5.32 Å². The van der Waals surface area contributed by atoms with Crippen molar-refractivity contribution >= 4 is 16.9 Å². The van der Waals surface area contributed by atoms with Crippen LogP contribution in [0.1, 0.15) is 44.2 Å². The molecule has 0 spiro atoms. The number of nitrogens with zero attached hydrogens (tertiary/aromatic N) is 3. The van der Waals surface area contributed by atoms with Crippen molar-refractivity contribution in [3.05, 3.63) is 30.1 Å². The summed E-state index contributed by atoms with van der Waals surface area (Å²) in [4.78, 5) is 20.3. The lowest BCUT2D eigenvalue weighted by Crippen LogP contribution is -2.53. The third-order valence-electron chi connectivity index (χ3n) is 5.23. The Morgan fingerprint density at radius 3 is 2.85 bits per heavy atom. The Balaban J connectivity index is 1.96. The maximum absolute atomic E-state index is 13.6. The number of amides is 1. The Morgan fingerprint density at radius 1 is 1.37 bits per heavy atom. The van der Waals surface area contributed by atoms with Gasteiger partial charge in [0.2, 0.25) is 0 Å². The first kappa shape index (κ1) is 19.8. The summed E-state index contributed by atoms with van der Waals surface area (Å²) >= 11 is 0. The van der Waals surface area contributed by atoms with Crippen molar-refractivity contribution < 1.29 is 9.90 Å². The number of aryl methyl sites for hydroxylation is 1. The summed E-state index contributed by atoms with van der Waals surface area (Å²) in [6.07, 6.45) is 1.78. The molecule has 0 bridgehead atoms. The Labute approximate surface area is 161 Å². The fraction of sp³-hybridized carbons (Fsp3) is 0.619. The van der Waals surface area contributed by atoms with E-state index in [0.717, 1.165) is 43.5 Å². The Morgan fingerprint density at radius 2 is 2.15 bits per heavy atom. The fourth-order valence-electron chi connectivity index (χ4n) is 3.99. The first-order valence-corrected chi connectivity index (χ1v) is 10.1. The average molecular weight is 373 g/mol. The molecule has 1 amide bonds. The van der Waals surface area contributed by atoms with Gasteiger partial charge in [0, 0.05) is 38.8 Å². The van der Waals surface area contributed by atoms with Crippen LogP contribution in [0.3, 0.4) is 0 Å². The molecular weight excluding hydrogens is 340 g/mol. The zero-order valence-corrected chi connectivity index (χ0v) is 16.7. The van der Waals surface area contributed by atoms with Crippen LogP contribution >= 0.6 is 0 Å². The monoisotopic (exact) mass is 372 g/mol. The number of benzene rings is 1. The summed E-state index contributed by atoms with van der Waals surface area (Å²) in [5.74, 6) is 1.09. The topological polar surface area (TPSA) is 70.4 Å². The van der Waals surface area contributed by atoms with Crippen LogP contribution in [0.5, 0.6) is 0 Å². The molecule has 2 heterocycles. The van der Waals surface area contributed by atoms with Gasteiger partial charge in [-0.2, -0.15) is 0 Å². The molecule has 2 aromatic rings. The number of carbonyl (C=O) groups is 1. The lowest BCUT2D eigenvalue weighted by atomic mass is 9.94. The number of imidazole rings is 1. The third kappa shape index (κ3) is 4.33. The molecule has 27 heavy (non-hydrogen) atoms. The third-order valence-corrected chi connectivity index (χ3v) is 5.23. The minimum Gasteiger partial charge on any atom is -0.396 e. The highest BCUT2D eigenvalue weighted by atomic mass is 16.3. The molecule has 6 heteroatoms. The van der Waals surface area contributed by atoms with Gasteiger partial charge in [-0.1, -0.05) is 32.9 Å². The first-order chi connectivity index (χ1) is 13.0. The Hall–Kier alpha value is -1.92. The quantitative estimate of drug-likeness (QED) is 0.783. The number of fused-ring (bicyclic) bond motifs is 1. The number of rotatable bonds is 7. The molecule has 0 saturated carbocycles. The van der Waals surface area contributed by atoms with Crippen molar-refractivity contribution in [1.29, 1.82) is 0 Å². The minimum atomic E-state index is -0.00117. The number of aliphatic hydroxyl groups excluding tert-OH is 1. The van der Waals surface area contributed by atoms with E-state index >= 15 is 0 Å². The van der Waals surface area contributed by atoms with E-state index in [2.05, 4.69) is 30.7 Å². The van der Waals surface area contributed by atoms with E-state index in [1.807, 2.05) is 29.2 Å². The van der Waals surface area contributed by atoms with Crippen molar-refractivity contribution in [3.63, 3.8) is 0 Å². The molecule has 148 valence electrons. The average Bonchev–Trinajstić information content (AvgIpc) is 3.04. The van der Waals surface area contributed by atoms with E-state index < -0.39 is 0 Å². The molecule has 1 aliphatic rings. The number of nitrogens with one attached hydrogen (secondary N) is 1. The van der Waals surface area contributed by atoms with Crippen molar-refractivity contribution in [2.45, 2.75) is 46.2 Å². The second-order valence-electron chi connectivity index (χ2n) is 8.02. The fourth-order valence-corrected chi connectivity index (χ4v) is 3.99. The highest BCUT2D eigenvalue weighted by Crippen LogP contribution is 2.22. The van der Waals surface area contributed by atoms with E-state index in [0.29, 0.717) is 18.3 Å². The standard InChI is InChI=1S/C21H32N4O2/c1-4-9-24-19-8-6-5-7-18(19)23-20(24)21(27)25(13-15(2)3)17-10-16(14-26)11-22-12-17/h5-8,15-17,22,26H,4,9-14H2,1-3H3/t16-,17+/m1/s1. The smallest absolute Gasteiger partial charge is 0.290 e. The summed E-state index contributed by atoms with van der Waals surface area (Å²) in [7, 11) is 0. The van der Waals surface area contributed by atoms with Gasteiger partial charge in [-0.25, -0.2) is 4.98 Å². The van der Waals surface area contributed by atoms with Crippen molar-refractivity contribution in [2.75, 3.05) is 26.2 Å². The van der Waals surface area contributed by atoms with E-state index in [1.165, 1.54) is 0 Å². The number of para-hydroxylation sites is 2. The first-order valence-electron chi connectivity index (χ1n) is 10.1. The molecule has 6 nitrogen and oxygen atoms in total. The molecule has 2 N–H and O–H groups in total. The maximum atomic E-state index is 13.6. The predicted molar refractivity (Wildman–Crippen MR) is 108 cm³/mol. The van der Waals surface area contributed by atoms with Gasteiger partial charge in [-0.15, -0.1) is 0 Å². The molecule has 1 saturated heterocycles. The molecule has 0 radical (unpaired) electrons. The normalized spacial score (nSPS) is 20.3. The van der Waals surface area contributed by atoms with Crippen LogP contribution in [0, 0.1) is 11.8 Å². The highest BCUT2D eigenvalue weighted by Gasteiger charge is 2.32. The zero-order chi connectivity index (χ0) is 19.4. The number of hydrogen-bond acceptors (Lipinski definition) is 4. The van der Waals surface area contributed by atoms with Crippen molar-refractivity contribution in [3.8, 4) is 0 Å². The van der Waals surface area contributed by atoms with Crippen molar-refractivity contribution in [1.82, 2.24) is 19.8 Å². The van der Waals surface area contributed by atoms with Crippen LogP contribution in [0.4, 0.5) is 0 Å². The van der Waals surface area contributed by atoms with Crippen LogP contribution in [0.25, 0.3) is 11.0 Å². The lowest BCUT2D eigenvalue weighted by molar-refractivity contribution is 0.0537. The van der Waals surface area contributed by atoms with Gasteiger partial charge in [-0.05, 0) is 36.8 Å². The van der Waals surface area contributed by atoms with E-state index in [4.69, 9.17) is 4.98 Å². The zero-order valence-electron chi connectivity index (χ0n) is 16.7. The van der Waals surface area contributed by atoms with Gasteiger partial charge in [-0.3, -0.25) is 4.79 Å². The second-order valence-corrected chi connectivity index (χ2v) is 8.02. The summed E-state index contributed by atoms with van der Waals surface area (Å²) in [6.45, 7) is 9.59. The Kier molecular flexibility index (Phi) is 6.50. The Bertz CT molecular complexity index is 771. The number of aliphatic hydroxyl groups is 1. The van der Waals surface area contributed by atoms with Gasteiger partial charge < -0.3 is 19.9 Å². The van der Waals surface area contributed by atoms with Gasteiger partial charge in [0.05, 0.1) is 11.0 Å². The van der Waals surface area contributed by atoms with E-state index in [-0.39, 0.29) is 24.5 Å². The summed E-state index contributed by atoms with van der Waals surface area (Å²) < 4.78 is 2.06. The van der Waals surface area contributed by atoms with Crippen LogP contribution in [0.15, 0.2) is 24.3 Å². The second kappa shape index (κ2) is 8.85. The van der Waals surface area contributed by atoms with E-state index in [1.54, 1.807) is 0 Å². The van der Waals surface area contributed by atoms with Crippen LogP contribution in [-0.2, 0) is 6.54 Å². The predicted octanol–water partition coefficient (Wildman–Crippen LogP) is 2.51. The molecule has 1 fully saturated rings. The molecule has 1 aromatic heterocycles. The number of carbonyl (C=O) groups excluding carboxylic acids is 1. The molecule has 2 atom stereocenters. The highest BCUT2D eigenvalue weighted by molar-refractivity contribution is 5.95. The summed E-state index contributed by atoms with van der Waals surface area (Å²) in [5.41, 5.74) is 1.89. The summed E-state index contributed by atoms with van der Waals surface area (Å²) in [6, 6.07) is 8.04. The number of aromatic nitrogens is 2. The van der Waals surface area contributed by atoms with E-state index in [9.17, 15) is 9.90 Å². The number of piperidine rings is 1. The SMILES string of the molecule is CCCn1c(C(=O)N(CC(C)C)[C@@H]2CNC[C@H](CO)C2)nc2ccccc21. The largest absolute Gasteiger partial charge is 0.396 e. The number of hydrogen-bond donors (Lipinski definition) is 2. The molecular formula is C21H32N4O2. The van der Waals surface area contributed by atoms with Gasteiger partial charge in [0.25, 0.3) is 5.91 Å². The summed E-state index contributed by atoms with van der Waals surface area (Å²) in [5, 5.41) is 13.0. The van der Waals surface area contributed by atoms with Crippen LogP contribution in [0.2, 0.25) is 0 Å². The minimum absolute atomic E-state index is 0.00117. The van der Waals surface area contributed by atoms with Crippen molar-refractivity contribution in [2.24, 2.45) is 11.8 Å². The van der Waals surface area contributed by atoms with Crippen LogP contribution in [-0.4, -0.2) is 57.7 Å².